The van der Waals surface area contributed by atoms with Crippen LogP contribution in [0.25, 0.3) is 11.0 Å². The van der Waals surface area contributed by atoms with Gasteiger partial charge in [0.05, 0.1) is 11.6 Å². The van der Waals surface area contributed by atoms with Crippen LogP contribution in [-0.2, 0) is 7.05 Å². The second-order valence-corrected chi connectivity index (χ2v) is 6.78. The van der Waals surface area contributed by atoms with Crippen LogP contribution < -0.4 is 10.2 Å². The number of fused-ring (bicyclic) bond motifs is 1. The van der Waals surface area contributed by atoms with Crippen molar-refractivity contribution in [2.45, 2.75) is 20.3 Å². The van der Waals surface area contributed by atoms with Gasteiger partial charge in [-0.15, -0.1) is 0 Å². The fourth-order valence-corrected chi connectivity index (χ4v) is 2.82. The summed E-state index contributed by atoms with van der Waals surface area (Å²) in [6.07, 6.45) is 2.98. The van der Waals surface area contributed by atoms with Crippen molar-refractivity contribution in [3.63, 3.8) is 0 Å². The summed E-state index contributed by atoms with van der Waals surface area (Å²) in [6.45, 7) is 9.43. The Kier molecular flexibility index (Phi) is 4.66. The van der Waals surface area contributed by atoms with E-state index < -0.39 is 0 Å². The molecule has 0 saturated carbocycles. The van der Waals surface area contributed by atoms with Gasteiger partial charge in [-0.25, -0.2) is 0 Å². The van der Waals surface area contributed by atoms with Crippen LogP contribution in [0.3, 0.4) is 0 Å². The predicted molar refractivity (Wildman–Crippen MR) is 94.0 cm³/mol. The van der Waals surface area contributed by atoms with Gasteiger partial charge in [0.1, 0.15) is 5.82 Å². The molecule has 126 valence electrons. The summed E-state index contributed by atoms with van der Waals surface area (Å²) in [5, 5.41) is 8.77. The summed E-state index contributed by atoms with van der Waals surface area (Å²) in [4.78, 5) is 14.1. The standard InChI is InChI=1S/C16H27N7/c1-12(2)5-6-17-16-19-14-13(11-18-22(14)4)15(20-16)23-9-7-21(3)8-10-23/h11-12H,5-10H2,1-4H3,(H,17,19,20). The molecule has 7 nitrogen and oxygen atoms in total. The molecule has 3 rings (SSSR count). The topological polar surface area (TPSA) is 62.1 Å². The largest absolute Gasteiger partial charge is 0.354 e. The average molecular weight is 317 g/mol. The van der Waals surface area contributed by atoms with E-state index in [0.29, 0.717) is 11.9 Å². The van der Waals surface area contributed by atoms with E-state index in [1.165, 1.54) is 0 Å². The minimum atomic E-state index is 0.667. The third kappa shape index (κ3) is 3.55. The number of hydrogen-bond donors (Lipinski definition) is 1. The van der Waals surface area contributed by atoms with Crippen molar-refractivity contribution in [3.8, 4) is 0 Å². The maximum absolute atomic E-state index is 4.79. The first-order chi connectivity index (χ1) is 11.0. The van der Waals surface area contributed by atoms with Gasteiger partial charge in [0, 0.05) is 39.8 Å². The number of nitrogens with zero attached hydrogens (tertiary/aromatic N) is 6. The third-order valence-electron chi connectivity index (χ3n) is 4.38. The number of anilines is 2. The molecule has 1 aliphatic rings. The lowest BCUT2D eigenvalue weighted by Gasteiger charge is -2.33. The molecule has 0 aromatic carbocycles. The second kappa shape index (κ2) is 6.70. The zero-order valence-corrected chi connectivity index (χ0v) is 14.6. The molecular formula is C16H27N7. The number of aryl methyl sites for hydroxylation is 1. The molecule has 23 heavy (non-hydrogen) atoms. The van der Waals surface area contributed by atoms with E-state index in [-0.39, 0.29) is 0 Å². The van der Waals surface area contributed by atoms with Gasteiger partial charge < -0.3 is 15.1 Å². The fourth-order valence-electron chi connectivity index (χ4n) is 2.82. The summed E-state index contributed by atoms with van der Waals surface area (Å²) < 4.78 is 1.82. The van der Waals surface area contributed by atoms with Gasteiger partial charge in [-0.1, -0.05) is 13.8 Å². The second-order valence-electron chi connectivity index (χ2n) is 6.78. The SMILES string of the molecule is CC(C)CCNc1nc(N2CCN(C)CC2)c2cnn(C)c2n1. The van der Waals surface area contributed by atoms with E-state index in [0.717, 1.165) is 56.0 Å². The summed E-state index contributed by atoms with van der Waals surface area (Å²) in [7, 11) is 4.09. The normalized spacial score (nSPS) is 16.5. The fraction of sp³-hybridized carbons (Fsp3) is 0.688. The van der Waals surface area contributed by atoms with Crippen LogP contribution in [-0.4, -0.2) is 64.4 Å². The van der Waals surface area contributed by atoms with Crippen molar-refractivity contribution < 1.29 is 0 Å². The molecule has 7 heteroatoms. The van der Waals surface area contributed by atoms with Crippen molar-refractivity contribution in [2.75, 3.05) is 50.0 Å². The minimum absolute atomic E-state index is 0.667. The highest BCUT2D eigenvalue weighted by Crippen LogP contribution is 2.25. The van der Waals surface area contributed by atoms with Crippen LogP contribution in [0.2, 0.25) is 0 Å². The summed E-state index contributed by atoms with van der Waals surface area (Å²) in [6, 6.07) is 0. The van der Waals surface area contributed by atoms with Crippen LogP contribution in [0.5, 0.6) is 0 Å². The number of likely N-dealkylation sites (N-methyl/N-ethyl adjacent to an activating group) is 1. The molecule has 0 radical (unpaired) electrons. The Morgan fingerprint density at radius 1 is 1.13 bits per heavy atom. The number of rotatable bonds is 5. The van der Waals surface area contributed by atoms with E-state index in [4.69, 9.17) is 4.98 Å². The van der Waals surface area contributed by atoms with Gasteiger partial charge in [-0.3, -0.25) is 4.68 Å². The molecule has 0 unspecified atom stereocenters. The van der Waals surface area contributed by atoms with E-state index in [1.54, 1.807) is 0 Å². The first-order valence-electron chi connectivity index (χ1n) is 8.41. The predicted octanol–water partition coefficient (Wildman–Crippen LogP) is 1.57. The first kappa shape index (κ1) is 16.0. The van der Waals surface area contributed by atoms with Crippen molar-refractivity contribution >= 4 is 22.8 Å². The maximum Gasteiger partial charge on any atom is 0.226 e. The van der Waals surface area contributed by atoms with E-state index in [1.807, 2.05) is 17.9 Å². The molecule has 1 aliphatic heterocycles. The lowest BCUT2D eigenvalue weighted by Crippen LogP contribution is -2.45. The van der Waals surface area contributed by atoms with Gasteiger partial charge in [-0.05, 0) is 19.4 Å². The number of piperazine rings is 1. The molecular weight excluding hydrogens is 290 g/mol. The Bertz CT molecular complexity index is 656. The number of nitrogens with one attached hydrogen (secondary N) is 1. The maximum atomic E-state index is 4.79. The molecule has 1 N–H and O–H groups in total. The number of aromatic nitrogens is 4. The molecule has 0 aliphatic carbocycles. The first-order valence-corrected chi connectivity index (χ1v) is 8.41. The van der Waals surface area contributed by atoms with Crippen molar-refractivity contribution in [1.82, 2.24) is 24.6 Å². The van der Waals surface area contributed by atoms with Crippen LogP contribution >= 0.6 is 0 Å². The van der Waals surface area contributed by atoms with Gasteiger partial charge in [0.2, 0.25) is 5.95 Å². The lowest BCUT2D eigenvalue weighted by molar-refractivity contribution is 0.312. The van der Waals surface area contributed by atoms with Crippen molar-refractivity contribution in [3.05, 3.63) is 6.20 Å². The third-order valence-corrected chi connectivity index (χ3v) is 4.38. The highest BCUT2D eigenvalue weighted by molar-refractivity contribution is 5.88. The average Bonchev–Trinajstić information content (AvgIpc) is 2.89. The lowest BCUT2D eigenvalue weighted by atomic mass is 10.1. The minimum Gasteiger partial charge on any atom is -0.354 e. The Labute approximate surface area is 137 Å². The van der Waals surface area contributed by atoms with Crippen molar-refractivity contribution in [1.29, 1.82) is 0 Å². The molecule has 0 spiro atoms. The molecule has 0 atom stereocenters. The summed E-state index contributed by atoms with van der Waals surface area (Å²) in [5.41, 5.74) is 0.890. The van der Waals surface area contributed by atoms with Crippen LogP contribution in [0.4, 0.5) is 11.8 Å². The van der Waals surface area contributed by atoms with Gasteiger partial charge in [0.15, 0.2) is 5.65 Å². The van der Waals surface area contributed by atoms with Crippen LogP contribution in [0.1, 0.15) is 20.3 Å². The summed E-state index contributed by atoms with van der Waals surface area (Å²) >= 11 is 0. The smallest absolute Gasteiger partial charge is 0.226 e. The summed E-state index contributed by atoms with van der Waals surface area (Å²) in [5.74, 6) is 2.37. The Hall–Kier alpha value is -1.89. The van der Waals surface area contributed by atoms with Crippen LogP contribution in [0, 0.1) is 5.92 Å². The monoisotopic (exact) mass is 317 g/mol. The molecule has 1 saturated heterocycles. The Balaban J connectivity index is 1.88. The van der Waals surface area contributed by atoms with E-state index in [9.17, 15) is 0 Å². The number of hydrogen-bond acceptors (Lipinski definition) is 6. The highest BCUT2D eigenvalue weighted by Gasteiger charge is 2.20. The van der Waals surface area contributed by atoms with Crippen LogP contribution in [0.15, 0.2) is 6.20 Å². The molecule has 2 aromatic heterocycles. The van der Waals surface area contributed by atoms with Gasteiger partial charge in [0.25, 0.3) is 0 Å². The highest BCUT2D eigenvalue weighted by atomic mass is 15.3. The van der Waals surface area contributed by atoms with Crippen molar-refractivity contribution in [2.24, 2.45) is 13.0 Å². The molecule has 0 bridgehead atoms. The molecule has 3 heterocycles. The zero-order chi connectivity index (χ0) is 16.4. The Morgan fingerprint density at radius 2 is 1.87 bits per heavy atom. The van der Waals surface area contributed by atoms with E-state index in [2.05, 4.69) is 46.1 Å². The Morgan fingerprint density at radius 3 is 2.57 bits per heavy atom. The molecule has 2 aromatic rings. The van der Waals surface area contributed by atoms with Gasteiger partial charge in [-0.2, -0.15) is 15.1 Å². The molecule has 1 fully saturated rings. The quantitative estimate of drug-likeness (QED) is 0.903. The van der Waals surface area contributed by atoms with Gasteiger partial charge >= 0.3 is 0 Å². The zero-order valence-electron chi connectivity index (χ0n) is 14.6. The van der Waals surface area contributed by atoms with E-state index >= 15 is 0 Å². The molecule has 0 amide bonds.